The number of halogens is 3. The van der Waals surface area contributed by atoms with Crippen LogP contribution < -0.4 is 16.8 Å². The molecule has 4 rings (SSSR count). The highest BCUT2D eigenvalue weighted by atomic mass is 19.4. The molecule has 5 N–H and O–H groups in total. The molecule has 0 saturated heterocycles. The van der Waals surface area contributed by atoms with E-state index in [0.29, 0.717) is 16.8 Å². The molecule has 0 radical (unpaired) electrons. The molecule has 3 aromatic rings. The lowest BCUT2D eigenvalue weighted by Gasteiger charge is -2.17. The Morgan fingerprint density at radius 3 is 2.43 bits per heavy atom. The van der Waals surface area contributed by atoms with Crippen LogP contribution in [0.25, 0.3) is 11.3 Å². The Morgan fingerprint density at radius 1 is 1.23 bits per heavy atom. The van der Waals surface area contributed by atoms with Crippen LogP contribution in [0, 0.1) is 5.41 Å². The first-order chi connectivity index (χ1) is 16.4. The van der Waals surface area contributed by atoms with E-state index in [4.69, 9.17) is 16.0 Å². The molecule has 2 aromatic heterocycles. The summed E-state index contributed by atoms with van der Waals surface area (Å²) in [5.41, 5.74) is 11.7. The molecule has 9 nitrogen and oxygen atoms in total. The maximum absolute atomic E-state index is 13.1. The molecule has 35 heavy (non-hydrogen) atoms. The van der Waals surface area contributed by atoms with Gasteiger partial charge in [-0.25, -0.2) is 4.68 Å². The SMILES string of the molecule is CC(C)n1nc(-c2ccc(CC(=O)Nc3cc(CC4(C(F)(F)F)CC4)no3)cc2)c(C(N)=O)c1N. The Kier molecular flexibility index (Phi) is 6.07. The second-order valence-corrected chi connectivity index (χ2v) is 9.07. The molecule has 2 amide bonds. The number of rotatable bonds is 8. The monoisotopic (exact) mass is 490 g/mol. The maximum Gasteiger partial charge on any atom is 0.394 e. The molecule has 186 valence electrons. The molecular formula is C23H25F3N6O3. The zero-order valence-corrected chi connectivity index (χ0v) is 19.1. The number of carbonyl (C=O) groups excluding carboxylic acids is 2. The lowest BCUT2D eigenvalue weighted by Crippen LogP contribution is -2.26. The molecule has 0 atom stereocenters. The fourth-order valence-corrected chi connectivity index (χ4v) is 3.95. The van der Waals surface area contributed by atoms with Crippen molar-refractivity contribution in [3.63, 3.8) is 0 Å². The molecule has 1 aromatic carbocycles. The van der Waals surface area contributed by atoms with Gasteiger partial charge in [0.2, 0.25) is 11.8 Å². The van der Waals surface area contributed by atoms with Crippen LogP contribution in [0.2, 0.25) is 0 Å². The van der Waals surface area contributed by atoms with E-state index in [1.807, 2.05) is 13.8 Å². The summed E-state index contributed by atoms with van der Waals surface area (Å²) in [5.74, 6) is -0.953. The van der Waals surface area contributed by atoms with Crippen LogP contribution in [0.1, 0.15) is 54.3 Å². The molecule has 1 aliphatic rings. The molecular weight excluding hydrogens is 465 g/mol. The number of nitrogens with zero attached hydrogens (tertiary/aromatic N) is 3. The van der Waals surface area contributed by atoms with Gasteiger partial charge in [-0.05, 0) is 32.3 Å². The number of nitrogens with two attached hydrogens (primary N) is 2. The number of aromatic nitrogens is 3. The van der Waals surface area contributed by atoms with Gasteiger partial charge < -0.3 is 16.0 Å². The van der Waals surface area contributed by atoms with Gasteiger partial charge >= 0.3 is 6.18 Å². The van der Waals surface area contributed by atoms with Crippen LogP contribution in [0.3, 0.4) is 0 Å². The van der Waals surface area contributed by atoms with E-state index in [0.717, 1.165) is 0 Å². The third-order valence-corrected chi connectivity index (χ3v) is 6.07. The lowest BCUT2D eigenvalue weighted by atomic mass is 10.00. The minimum absolute atomic E-state index is 0.0135. The summed E-state index contributed by atoms with van der Waals surface area (Å²) in [6, 6.07) is 8.01. The number of alkyl halides is 3. The summed E-state index contributed by atoms with van der Waals surface area (Å²) < 4.78 is 45.9. The zero-order chi connectivity index (χ0) is 25.5. The minimum Gasteiger partial charge on any atom is -0.383 e. The Labute approximate surface area is 198 Å². The van der Waals surface area contributed by atoms with Crippen molar-refractivity contribution in [3.8, 4) is 11.3 Å². The van der Waals surface area contributed by atoms with E-state index in [1.54, 1.807) is 24.3 Å². The number of nitrogens with one attached hydrogen (secondary N) is 1. The van der Waals surface area contributed by atoms with E-state index in [9.17, 15) is 22.8 Å². The van der Waals surface area contributed by atoms with Crippen molar-refractivity contribution in [2.45, 2.75) is 51.7 Å². The average molecular weight is 490 g/mol. The van der Waals surface area contributed by atoms with Gasteiger partial charge in [0, 0.05) is 24.1 Å². The summed E-state index contributed by atoms with van der Waals surface area (Å²) in [7, 11) is 0. The maximum atomic E-state index is 13.1. The molecule has 12 heteroatoms. The quantitative estimate of drug-likeness (QED) is 0.438. The van der Waals surface area contributed by atoms with Crippen molar-refractivity contribution in [2.24, 2.45) is 11.1 Å². The topological polar surface area (TPSA) is 142 Å². The van der Waals surface area contributed by atoms with Crippen molar-refractivity contribution >= 4 is 23.5 Å². The molecule has 1 aliphatic carbocycles. The van der Waals surface area contributed by atoms with Crippen molar-refractivity contribution in [2.75, 3.05) is 11.1 Å². The lowest BCUT2D eigenvalue weighted by molar-refractivity contribution is -0.186. The fourth-order valence-electron chi connectivity index (χ4n) is 3.95. The first kappa shape index (κ1) is 24.3. The number of hydrogen-bond acceptors (Lipinski definition) is 6. The summed E-state index contributed by atoms with van der Waals surface area (Å²) in [5, 5.41) is 10.6. The van der Waals surface area contributed by atoms with Crippen LogP contribution in [0.15, 0.2) is 34.9 Å². The van der Waals surface area contributed by atoms with E-state index in [2.05, 4.69) is 15.6 Å². The Morgan fingerprint density at radius 2 is 1.89 bits per heavy atom. The number of nitrogen functional groups attached to an aromatic ring is 1. The van der Waals surface area contributed by atoms with Gasteiger partial charge in [0.1, 0.15) is 17.1 Å². The smallest absolute Gasteiger partial charge is 0.383 e. The average Bonchev–Trinajstić information content (AvgIpc) is 3.29. The fraction of sp³-hybridized carbons (Fsp3) is 0.391. The van der Waals surface area contributed by atoms with Crippen LogP contribution in [0.4, 0.5) is 24.9 Å². The molecule has 2 heterocycles. The van der Waals surface area contributed by atoms with Gasteiger partial charge in [0.25, 0.3) is 5.91 Å². The number of carbonyl (C=O) groups is 2. The largest absolute Gasteiger partial charge is 0.394 e. The third-order valence-electron chi connectivity index (χ3n) is 6.07. The number of anilines is 2. The van der Waals surface area contributed by atoms with Crippen LogP contribution in [-0.2, 0) is 17.6 Å². The molecule has 0 aliphatic heterocycles. The van der Waals surface area contributed by atoms with Gasteiger partial charge in [-0.1, -0.05) is 29.4 Å². The molecule has 1 saturated carbocycles. The second kappa shape index (κ2) is 8.75. The molecule has 0 bridgehead atoms. The first-order valence-electron chi connectivity index (χ1n) is 11.0. The molecule has 0 unspecified atom stereocenters. The van der Waals surface area contributed by atoms with E-state index in [1.165, 1.54) is 10.7 Å². The highest BCUT2D eigenvalue weighted by Gasteiger charge is 2.63. The van der Waals surface area contributed by atoms with Crippen LogP contribution >= 0.6 is 0 Å². The van der Waals surface area contributed by atoms with Gasteiger partial charge in [0.15, 0.2) is 0 Å². The Bertz CT molecular complexity index is 1260. The van der Waals surface area contributed by atoms with Crippen molar-refractivity contribution < 1.29 is 27.3 Å². The van der Waals surface area contributed by atoms with Crippen molar-refractivity contribution in [1.29, 1.82) is 0 Å². The van der Waals surface area contributed by atoms with Crippen molar-refractivity contribution in [1.82, 2.24) is 14.9 Å². The van der Waals surface area contributed by atoms with E-state index >= 15 is 0 Å². The number of amides is 2. The van der Waals surface area contributed by atoms with Crippen LogP contribution in [0.5, 0.6) is 0 Å². The minimum atomic E-state index is -4.29. The van der Waals surface area contributed by atoms with Gasteiger partial charge in [-0.2, -0.15) is 18.3 Å². The first-order valence-corrected chi connectivity index (χ1v) is 11.0. The highest BCUT2D eigenvalue weighted by Crippen LogP contribution is 2.59. The summed E-state index contributed by atoms with van der Waals surface area (Å²) in [6.45, 7) is 3.74. The third kappa shape index (κ3) is 4.86. The number of hydrogen-bond donors (Lipinski definition) is 3. The van der Waals surface area contributed by atoms with Gasteiger partial charge in [-0.3, -0.25) is 14.9 Å². The number of benzene rings is 1. The van der Waals surface area contributed by atoms with E-state index < -0.39 is 23.4 Å². The predicted octanol–water partition coefficient (Wildman–Crippen LogP) is 3.87. The van der Waals surface area contributed by atoms with Gasteiger partial charge in [0.05, 0.1) is 17.5 Å². The van der Waals surface area contributed by atoms with Crippen LogP contribution in [-0.4, -0.2) is 32.9 Å². The molecule has 0 spiro atoms. The normalized spacial score (nSPS) is 14.8. The van der Waals surface area contributed by atoms with Gasteiger partial charge in [-0.15, -0.1) is 0 Å². The molecule has 1 fully saturated rings. The van der Waals surface area contributed by atoms with E-state index in [-0.39, 0.29) is 54.7 Å². The highest BCUT2D eigenvalue weighted by molar-refractivity contribution is 6.03. The summed E-state index contributed by atoms with van der Waals surface area (Å²) in [4.78, 5) is 24.3. The predicted molar refractivity (Wildman–Crippen MR) is 121 cm³/mol. The van der Waals surface area contributed by atoms with Crippen molar-refractivity contribution in [3.05, 3.63) is 47.2 Å². The zero-order valence-electron chi connectivity index (χ0n) is 19.1. The Balaban J connectivity index is 1.41. The standard InChI is InChI=1S/C23H25F3N6O3/c1-12(2)32-20(27)18(21(28)34)19(30-32)14-5-3-13(4-6-14)9-16(33)29-17-10-15(31-35-17)11-22(7-8-22)23(24,25)26/h3-6,10,12H,7-9,11,27H2,1-2H3,(H2,28,34)(H,29,33). The Hall–Kier alpha value is -3.83. The second-order valence-electron chi connectivity index (χ2n) is 9.07. The number of primary amides is 1. The summed E-state index contributed by atoms with van der Waals surface area (Å²) >= 11 is 0. The summed E-state index contributed by atoms with van der Waals surface area (Å²) in [6.07, 6.45) is -4.47.